The Morgan fingerprint density at radius 3 is 2.44 bits per heavy atom. The second-order valence-corrected chi connectivity index (χ2v) is 8.07. The van der Waals surface area contributed by atoms with Crippen molar-refractivity contribution < 1.29 is 9.18 Å². The predicted molar refractivity (Wildman–Crippen MR) is 129 cm³/mol. The minimum Gasteiger partial charge on any atom is -0.331 e. The van der Waals surface area contributed by atoms with Crippen LogP contribution >= 0.6 is 11.6 Å². The Bertz CT molecular complexity index is 1550. The highest BCUT2D eigenvalue weighted by atomic mass is 35.5. The van der Waals surface area contributed by atoms with E-state index in [1.54, 1.807) is 23.1 Å². The molecule has 11 nitrogen and oxygen atoms in total. The van der Waals surface area contributed by atoms with Gasteiger partial charge in [-0.2, -0.15) is 10.2 Å². The molecule has 182 valence electrons. The van der Waals surface area contributed by atoms with Gasteiger partial charge in [0.1, 0.15) is 12.1 Å². The molecule has 0 aliphatic heterocycles. The molecule has 0 bridgehead atoms. The van der Waals surface area contributed by atoms with E-state index in [1.807, 2.05) is 25.1 Å². The van der Waals surface area contributed by atoms with Gasteiger partial charge in [0.05, 0.1) is 40.5 Å². The van der Waals surface area contributed by atoms with Crippen LogP contribution in [0.4, 0.5) is 9.18 Å². The summed E-state index contributed by atoms with van der Waals surface area (Å²) >= 11 is 5.79. The van der Waals surface area contributed by atoms with Crippen molar-refractivity contribution in [2.75, 3.05) is 0 Å². The van der Waals surface area contributed by atoms with Crippen molar-refractivity contribution in [3.63, 3.8) is 0 Å². The van der Waals surface area contributed by atoms with Gasteiger partial charge in [-0.25, -0.2) is 28.5 Å². The third-order valence-corrected chi connectivity index (χ3v) is 5.62. The first-order valence-corrected chi connectivity index (χ1v) is 11.4. The highest BCUT2D eigenvalue weighted by Crippen LogP contribution is 2.19. The maximum absolute atomic E-state index is 14.0. The lowest BCUT2D eigenvalue weighted by molar-refractivity contribution is 0.239. The molecule has 13 heteroatoms. The van der Waals surface area contributed by atoms with E-state index in [2.05, 4.69) is 40.8 Å². The van der Waals surface area contributed by atoms with Crippen molar-refractivity contribution in [1.82, 2.24) is 50.1 Å². The van der Waals surface area contributed by atoms with E-state index in [0.29, 0.717) is 29.6 Å². The van der Waals surface area contributed by atoms with Gasteiger partial charge in [-0.3, -0.25) is 9.97 Å². The second-order valence-electron chi connectivity index (χ2n) is 7.66. The van der Waals surface area contributed by atoms with E-state index in [-0.39, 0.29) is 18.1 Å². The average Bonchev–Trinajstić information content (AvgIpc) is 3.54. The van der Waals surface area contributed by atoms with Crippen LogP contribution in [0.25, 0.3) is 22.4 Å². The zero-order chi connectivity index (χ0) is 25.1. The Morgan fingerprint density at radius 1 is 0.944 bits per heavy atom. The summed E-state index contributed by atoms with van der Waals surface area (Å²) in [6.07, 6.45) is 5.24. The van der Waals surface area contributed by atoms with E-state index in [9.17, 15) is 9.18 Å². The maximum Gasteiger partial charge on any atom is 0.315 e. The van der Waals surface area contributed by atoms with Crippen molar-refractivity contribution >= 4 is 28.7 Å². The molecule has 0 saturated heterocycles. The van der Waals surface area contributed by atoms with Crippen molar-refractivity contribution in [2.45, 2.75) is 26.4 Å². The van der Waals surface area contributed by atoms with Crippen molar-refractivity contribution in [1.29, 1.82) is 0 Å². The number of aromatic nitrogens is 8. The number of fused-ring (bicyclic) bond motifs is 1. The topological polar surface area (TPSA) is 128 Å². The van der Waals surface area contributed by atoms with Crippen LogP contribution in [0.2, 0.25) is 5.02 Å². The molecule has 2 N–H and O–H groups in total. The number of carbonyl (C=O) groups excluding carboxylic acids is 1. The van der Waals surface area contributed by atoms with Crippen LogP contribution in [0, 0.1) is 5.82 Å². The van der Waals surface area contributed by atoms with Crippen molar-refractivity contribution in [3.8, 4) is 11.4 Å². The Kier molecular flexibility index (Phi) is 6.50. The molecule has 2 amide bonds. The summed E-state index contributed by atoms with van der Waals surface area (Å²) in [6.45, 7) is 2.10. The molecule has 0 saturated carbocycles. The minimum atomic E-state index is -0.568. The number of amides is 2. The third kappa shape index (κ3) is 4.84. The Hall–Kier alpha value is -4.45. The summed E-state index contributed by atoms with van der Waals surface area (Å²) in [7, 11) is 0. The van der Waals surface area contributed by atoms with Gasteiger partial charge in [-0.15, -0.1) is 0 Å². The largest absolute Gasteiger partial charge is 0.331 e. The molecule has 5 rings (SSSR count). The lowest BCUT2D eigenvalue weighted by Crippen LogP contribution is -2.36. The molecule has 2 aromatic carbocycles. The molecule has 0 radical (unpaired) electrons. The molecule has 0 aliphatic carbocycles. The monoisotopic (exact) mass is 506 g/mol. The average molecular weight is 507 g/mol. The number of urea groups is 1. The predicted octanol–water partition coefficient (Wildman–Crippen LogP) is 3.15. The fraction of sp³-hybridized carbons (Fsp3) is 0.174. The minimum absolute atomic E-state index is 0.0121. The number of hydrogen-bond acceptors (Lipinski definition) is 7. The van der Waals surface area contributed by atoms with Gasteiger partial charge in [0, 0.05) is 24.9 Å². The highest BCUT2D eigenvalue weighted by molar-refractivity contribution is 6.30. The summed E-state index contributed by atoms with van der Waals surface area (Å²) in [5.74, 6) is 0.975. The lowest BCUT2D eigenvalue weighted by atomic mass is 10.2. The molecular formula is C23H20ClFN10O. The summed E-state index contributed by atoms with van der Waals surface area (Å²) < 4.78 is 17.1. The zero-order valence-electron chi connectivity index (χ0n) is 19.1. The Balaban J connectivity index is 1.25. The van der Waals surface area contributed by atoms with Crippen LogP contribution in [-0.2, 0) is 19.5 Å². The number of carbonyl (C=O) groups is 1. The molecule has 0 spiro atoms. The molecule has 5 aromatic rings. The first-order chi connectivity index (χ1) is 17.5. The number of hydrogen-bond donors (Lipinski definition) is 2. The molecule has 36 heavy (non-hydrogen) atoms. The van der Waals surface area contributed by atoms with Gasteiger partial charge < -0.3 is 10.6 Å². The number of halogens is 2. The second kappa shape index (κ2) is 10.0. The van der Waals surface area contributed by atoms with Gasteiger partial charge in [0.25, 0.3) is 0 Å². The fourth-order valence-corrected chi connectivity index (χ4v) is 3.66. The van der Waals surface area contributed by atoms with Crippen LogP contribution in [0.1, 0.15) is 24.4 Å². The number of rotatable bonds is 7. The molecule has 0 atom stereocenters. The fourth-order valence-electron chi connectivity index (χ4n) is 3.55. The van der Waals surface area contributed by atoms with Gasteiger partial charge in [0.15, 0.2) is 17.5 Å². The normalized spacial score (nSPS) is 11.1. The van der Waals surface area contributed by atoms with Crippen LogP contribution in [-0.4, -0.2) is 45.5 Å². The first kappa shape index (κ1) is 23.3. The van der Waals surface area contributed by atoms with E-state index in [4.69, 9.17) is 11.6 Å². The number of benzene rings is 2. The van der Waals surface area contributed by atoms with Crippen LogP contribution in [0.15, 0.2) is 55.1 Å². The van der Waals surface area contributed by atoms with Crippen molar-refractivity contribution in [3.05, 3.63) is 83.4 Å². The molecule has 0 aliphatic rings. The Labute approximate surface area is 209 Å². The van der Waals surface area contributed by atoms with Crippen molar-refractivity contribution in [2.24, 2.45) is 0 Å². The zero-order valence-corrected chi connectivity index (χ0v) is 19.8. The Morgan fingerprint density at radius 2 is 1.67 bits per heavy atom. The van der Waals surface area contributed by atoms with Gasteiger partial charge in [0.2, 0.25) is 0 Å². The summed E-state index contributed by atoms with van der Waals surface area (Å²) in [4.78, 5) is 29.8. The van der Waals surface area contributed by atoms with Gasteiger partial charge in [-0.05, 0) is 30.3 Å². The summed E-state index contributed by atoms with van der Waals surface area (Å²) in [6, 6.07) is 9.45. The molecular weight excluding hydrogens is 487 g/mol. The maximum atomic E-state index is 14.0. The molecule has 0 fully saturated rings. The SMILES string of the molecule is CCc1nc(CNC(=O)NCc2ncnn2-c2ccc3nccnc3c2)n(-c2ccc(Cl)c(F)c2)n1. The molecule has 3 aromatic heterocycles. The van der Waals surface area contributed by atoms with E-state index < -0.39 is 11.8 Å². The third-order valence-electron chi connectivity index (χ3n) is 5.31. The van der Waals surface area contributed by atoms with Gasteiger partial charge in [-0.1, -0.05) is 18.5 Å². The standard InChI is InChI=1S/C23H20ClFN10O/c1-2-20-32-22(35(33-20)14-3-5-16(24)17(25)9-14)12-29-23(36)28-11-21-30-13-31-34(21)15-4-6-18-19(10-15)27-8-7-26-18/h3-10,13H,2,11-12H2,1H3,(H2,28,29,36). The first-order valence-electron chi connectivity index (χ1n) is 11.0. The highest BCUT2D eigenvalue weighted by Gasteiger charge is 2.14. The number of aryl methyl sites for hydroxylation is 1. The van der Waals surface area contributed by atoms with E-state index in [1.165, 1.54) is 23.1 Å². The van der Waals surface area contributed by atoms with E-state index in [0.717, 1.165) is 16.7 Å². The number of nitrogens with one attached hydrogen (secondary N) is 2. The van der Waals surface area contributed by atoms with Crippen LogP contribution in [0.5, 0.6) is 0 Å². The van der Waals surface area contributed by atoms with Crippen LogP contribution in [0.3, 0.4) is 0 Å². The summed E-state index contributed by atoms with van der Waals surface area (Å²) in [5, 5.41) is 14.2. The lowest BCUT2D eigenvalue weighted by Gasteiger charge is -2.10. The molecule has 3 heterocycles. The van der Waals surface area contributed by atoms with Gasteiger partial charge >= 0.3 is 6.03 Å². The van der Waals surface area contributed by atoms with Crippen LogP contribution < -0.4 is 10.6 Å². The quantitative estimate of drug-likeness (QED) is 0.347. The van der Waals surface area contributed by atoms with E-state index >= 15 is 0 Å². The molecule has 0 unspecified atom stereocenters. The summed E-state index contributed by atoms with van der Waals surface area (Å²) in [5.41, 5.74) is 2.68. The number of nitrogens with zero attached hydrogens (tertiary/aromatic N) is 8. The smallest absolute Gasteiger partial charge is 0.315 e.